The Balaban J connectivity index is 1.56. The van der Waals surface area contributed by atoms with Crippen LogP contribution in [0.4, 0.5) is 10.1 Å². The maximum absolute atomic E-state index is 13.3. The van der Waals surface area contributed by atoms with Gasteiger partial charge in [-0.25, -0.2) is 4.39 Å². The molecule has 4 nitrogen and oxygen atoms in total. The maximum Gasteiger partial charge on any atom is 0.142 e. The van der Waals surface area contributed by atoms with Crippen molar-refractivity contribution in [3.8, 4) is 5.75 Å². The summed E-state index contributed by atoms with van der Waals surface area (Å²) in [6.07, 6.45) is 0.709. The average molecular weight is 373 g/mol. The van der Waals surface area contributed by atoms with E-state index in [1.54, 1.807) is 19.2 Å². The van der Waals surface area contributed by atoms with Crippen LogP contribution in [0.15, 0.2) is 77.9 Å². The predicted octanol–water partition coefficient (Wildman–Crippen LogP) is 5.11. The lowest BCUT2D eigenvalue weighted by atomic mass is 9.94. The number of hydrazone groups is 1. The molecule has 2 aliphatic rings. The van der Waals surface area contributed by atoms with Gasteiger partial charge >= 0.3 is 0 Å². The number of methoxy groups -OCH3 is 1. The topological polar surface area (TPSA) is 36.9 Å². The highest BCUT2D eigenvalue weighted by atomic mass is 19.1. The van der Waals surface area contributed by atoms with E-state index in [0.717, 1.165) is 34.7 Å². The fourth-order valence-electron chi connectivity index (χ4n) is 3.99. The second kappa shape index (κ2) is 6.68. The molecule has 0 aromatic heterocycles. The Kier molecular flexibility index (Phi) is 4.01. The zero-order valence-corrected chi connectivity index (χ0v) is 15.5. The van der Waals surface area contributed by atoms with Crippen molar-refractivity contribution < 1.29 is 9.13 Å². The average Bonchev–Trinajstić information content (AvgIpc) is 3.19. The number of nitrogens with one attached hydrogen (secondary N) is 1. The molecular weight excluding hydrogens is 353 g/mol. The normalized spacial score (nSPS) is 20.1. The molecule has 3 aromatic rings. The summed E-state index contributed by atoms with van der Waals surface area (Å²) in [6.45, 7) is 0. The van der Waals surface area contributed by atoms with E-state index in [1.807, 2.05) is 18.2 Å². The molecule has 0 unspecified atom stereocenters. The van der Waals surface area contributed by atoms with Crippen molar-refractivity contribution in [2.45, 2.75) is 18.6 Å². The first-order chi connectivity index (χ1) is 13.7. The number of rotatable bonds is 3. The van der Waals surface area contributed by atoms with Crippen LogP contribution in [0.25, 0.3) is 0 Å². The van der Waals surface area contributed by atoms with Crippen LogP contribution in [0.5, 0.6) is 5.75 Å². The Bertz CT molecular complexity index is 1030. The molecule has 5 heteroatoms. The number of anilines is 1. The van der Waals surface area contributed by atoms with Crippen LogP contribution in [0, 0.1) is 5.82 Å². The third kappa shape index (κ3) is 2.80. The van der Waals surface area contributed by atoms with Gasteiger partial charge in [-0.1, -0.05) is 42.5 Å². The lowest BCUT2D eigenvalue weighted by Gasteiger charge is -2.39. The quantitative estimate of drug-likeness (QED) is 0.693. The molecule has 28 heavy (non-hydrogen) atoms. The van der Waals surface area contributed by atoms with Gasteiger partial charge in [0.25, 0.3) is 0 Å². The van der Waals surface area contributed by atoms with Crippen molar-refractivity contribution in [1.29, 1.82) is 0 Å². The molecule has 2 aliphatic heterocycles. The number of hydrogen-bond acceptors (Lipinski definition) is 4. The zero-order chi connectivity index (χ0) is 19.1. The highest BCUT2D eigenvalue weighted by molar-refractivity contribution is 6.02. The van der Waals surface area contributed by atoms with Crippen molar-refractivity contribution in [1.82, 2.24) is 5.01 Å². The molecule has 3 aromatic carbocycles. The van der Waals surface area contributed by atoms with Crippen molar-refractivity contribution in [3.05, 3.63) is 95.3 Å². The predicted molar refractivity (Wildman–Crippen MR) is 108 cm³/mol. The third-order valence-electron chi connectivity index (χ3n) is 5.43. The number of hydrogen-bond donors (Lipinski definition) is 1. The number of benzene rings is 3. The molecule has 2 atom stereocenters. The molecule has 2 heterocycles. The molecular formula is C23H20FN3O. The van der Waals surface area contributed by atoms with Crippen LogP contribution in [0.1, 0.15) is 35.3 Å². The SMILES string of the molecule is COc1ccc([C@@H]2Nc3ccccc3[C@H]3CC(c4ccc(F)cc4)=NN32)cc1. The number of halogens is 1. The molecule has 0 saturated carbocycles. The summed E-state index contributed by atoms with van der Waals surface area (Å²) in [6, 6.07) is 23.1. The highest BCUT2D eigenvalue weighted by Crippen LogP contribution is 2.46. The van der Waals surface area contributed by atoms with Crippen LogP contribution in [0.2, 0.25) is 0 Å². The summed E-state index contributed by atoms with van der Waals surface area (Å²) < 4.78 is 18.6. The summed E-state index contributed by atoms with van der Waals surface area (Å²) in [5.41, 5.74) is 5.40. The summed E-state index contributed by atoms with van der Waals surface area (Å²) in [5.74, 6) is 0.594. The van der Waals surface area contributed by atoms with Gasteiger partial charge in [0.2, 0.25) is 0 Å². The van der Waals surface area contributed by atoms with Gasteiger partial charge in [-0.15, -0.1) is 0 Å². The first-order valence-electron chi connectivity index (χ1n) is 9.34. The number of nitrogens with zero attached hydrogens (tertiary/aromatic N) is 2. The van der Waals surface area contributed by atoms with Gasteiger partial charge in [-0.3, -0.25) is 5.01 Å². The van der Waals surface area contributed by atoms with Crippen molar-refractivity contribution >= 4 is 11.4 Å². The Morgan fingerprint density at radius 1 is 1.00 bits per heavy atom. The number of para-hydroxylation sites is 1. The van der Waals surface area contributed by atoms with E-state index >= 15 is 0 Å². The van der Waals surface area contributed by atoms with Crippen LogP contribution >= 0.6 is 0 Å². The molecule has 5 rings (SSSR count). The van der Waals surface area contributed by atoms with E-state index in [2.05, 4.69) is 40.7 Å². The second-order valence-electron chi connectivity index (χ2n) is 7.06. The van der Waals surface area contributed by atoms with Gasteiger partial charge in [0, 0.05) is 12.1 Å². The number of ether oxygens (including phenoxy) is 1. The van der Waals surface area contributed by atoms with Crippen molar-refractivity contribution in [3.63, 3.8) is 0 Å². The zero-order valence-electron chi connectivity index (χ0n) is 15.5. The standard InChI is InChI=1S/C23H20FN3O/c1-28-18-12-8-16(9-13-18)23-25-20-5-3-2-4-19(20)22-14-21(26-27(22)23)15-6-10-17(24)11-7-15/h2-13,22-23,25H,14H2,1H3/t22-,23-/m1/s1. The van der Waals surface area contributed by atoms with Gasteiger partial charge in [0.05, 0.1) is 18.9 Å². The van der Waals surface area contributed by atoms with Crippen molar-refractivity contribution in [2.75, 3.05) is 12.4 Å². The Labute approximate surface area is 163 Å². The Hall–Kier alpha value is -3.34. The van der Waals surface area contributed by atoms with Crippen LogP contribution < -0.4 is 10.1 Å². The van der Waals surface area contributed by atoms with Gasteiger partial charge in [0.15, 0.2) is 0 Å². The lowest BCUT2D eigenvalue weighted by Crippen LogP contribution is -2.35. The highest BCUT2D eigenvalue weighted by Gasteiger charge is 2.39. The number of fused-ring (bicyclic) bond motifs is 3. The summed E-state index contributed by atoms with van der Waals surface area (Å²) in [4.78, 5) is 0. The largest absolute Gasteiger partial charge is 0.497 e. The van der Waals surface area contributed by atoms with E-state index in [9.17, 15) is 4.39 Å². The third-order valence-corrected chi connectivity index (χ3v) is 5.43. The molecule has 0 bridgehead atoms. The van der Waals surface area contributed by atoms with Gasteiger partial charge in [-0.05, 0) is 47.0 Å². The first kappa shape index (κ1) is 16.8. The van der Waals surface area contributed by atoms with Crippen LogP contribution in [-0.2, 0) is 0 Å². The van der Waals surface area contributed by atoms with Gasteiger partial charge in [-0.2, -0.15) is 5.10 Å². The Morgan fingerprint density at radius 3 is 2.50 bits per heavy atom. The minimum absolute atomic E-state index is 0.0799. The molecule has 0 radical (unpaired) electrons. The fourth-order valence-corrected chi connectivity index (χ4v) is 3.99. The van der Waals surface area contributed by atoms with Gasteiger partial charge < -0.3 is 10.1 Å². The molecule has 1 N–H and O–H groups in total. The van der Waals surface area contributed by atoms with E-state index in [0.29, 0.717) is 0 Å². The summed E-state index contributed by atoms with van der Waals surface area (Å²) in [7, 11) is 1.67. The summed E-state index contributed by atoms with van der Waals surface area (Å²) in [5, 5.41) is 10.7. The van der Waals surface area contributed by atoms with E-state index in [4.69, 9.17) is 9.84 Å². The monoisotopic (exact) mass is 373 g/mol. The fraction of sp³-hybridized carbons (Fsp3) is 0.174. The minimum atomic E-state index is -0.233. The molecule has 140 valence electrons. The molecule has 0 fully saturated rings. The molecule has 0 spiro atoms. The molecule has 0 amide bonds. The Morgan fingerprint density at radius 2 is 1.75 bits per heavy atom. The van der Waals surface area contributed by atoms with Crippen molar-refractivity contribution in [2.24, 2.45) is 5.10 Å². The first-order valence-corrected chi connectivity index (χ1v) is 9.34. The van der Waals surface area contributed by atoms with E-state index < -0.39 is 0 Å². The van der Waals surface area contributed by atoms with Gasteiger partial charge in [0.1, 0.15) is 17.7 Å². The van der Waals surface area contributed by atoms with E-state index in [1.165, 1.54) is 17.7 Å². The maximum atomic E-state index is 13.3. The van der Waals surface area contributed by atoms with E-state index in [-0.39, 0.29) is 18.0 Å². The smallest absolute Gasteiger partial charge is 0.142 e. The molecule has 0 saturated heterocycles. The van der Waals surface area contributed by atoms with Crippen LogP contribution in [-0.4, -0.2) is 17.8 Å². The minimum Gasteiger partial charge on any atom is -0.497 e. The summed E-state index contributed by atoms with van der Waals surface area (Å²) >= 11 is 0. The molecule has 0 aliphatic carbocycles. The lowest BCUT2D eigenvalue weighted by molar-refractivity contribution is 0.169. The second-order valence-corrected chi connectivity index (χ2v) is 7.06. The van der Waals surface area contributed by atoms with Crippen LogP contribution in [0.3, 0.4) is 0 Å².